The van der Waals surface area contributed by atoms with Gasteiger partial charge < -0.3 is 4.57 Å². The fourth-order valence-corrected chi connectivity index (χ4v) is 10.1. The molecule has 0 fully saturated rings. The maximum absolute atomic E-state index is 5.44. The SMILES string of the molecule is c1ccc(-c2nc(-c3ccccc3)nc(-c3ccc(-n4c5ccccc5c5ccc6c7ccccc7n(-c7nc(-c8ccccc8)nc(-c8ccc9ccc%10ccccc%10c9c8)n7)c6c54)cc3)n2)cc1. The van der Waals surface area contributed by atoms with Crippen molar-refractivity contribution in [3.05, 3.63) is 231 Å². The number of hydrogen-bond acceptors (Lipinski definition) is 6. The average Bonchev–Trinajstić information content (AvgIpc) is 3.97. The van der Waals surface area contributed by atoms with Crippen LogP contribution in [0.15, 0.2) is 231 Å². The van der Waals surface area contributed by atoms with Gasteiger partial charge in [-0.15, -0.1) is 0 Å². The highest BCUT2D eigenvalue weighted by atomic mass is 15.2. The van der Waals surface area contributed by atoms with E-state index in [0.717, 1.165) is 87.9 Å². The first-order chi connectivity index (χ1) is 34.7. The molecule has 14 rings (SSSR count). The fraction of sp³-hybridized carbons (Fsp3) is 0. The summed E-state index contributed by atoms with van der Waals surface area (Å²) in [4.78, 5) is 31.0. The molecule has 0 saturated carbocycles. The highest BCUT2D eigenvalue weighted by Gasteiger charge is 2.24. The lowest BCUT2D eigenvalue weighted by molar-refractivity contribution is 0.953. The number of fused-ring (bicyclic) bond motifs is 10. The first kappa shape index (κ1) is 39.5. The van der Waals surface area contributed by atoms with Crippen LogP contribution in [-0.4, -0.2) is 39.0 Å². The van der Waals surface area contributed by atoms with Crippen molar-refractivity contribution in [2.75, 3.05) is 0 Å². The van der Waals surface area contributed by atoms with Gasteiger partial charge in [-0.3, -0.25) is 4.57 Å². The summed E-state index contributed by atoms with van der Waals surface area (Å²) in [5, 5.41) is 9.14. The van der Waals surface area contributed by atoms with E-state index in [9.17, 15) is 0 Å². The number of nitrogens with zero attached hydrogens (tertiary/aromatic N) is 8. The zero-order valence-electron chi connectivity index (χ0n) is 37.5. The number of rotatable bonds is 7. The van der Waals surface area contributed by atoms with Crippen LogP contribution < -0.4 is 0 Å². The van der Waals surface area contributed by atoms with Crippen LogP contribution in [-0.2, 0) is 0 Å². The summed E-state index contributed by atoms with van der Waals surface area (Å²) >= 11 is 0. The molecule has 0 aliphatic heterocycles. The standard InChI is InChI=1S/C62H38N8/c1-4-17-41(18-5-1)57-63-58(42-19-6-2-7-20-42)65-59(64-57)44-32-34-46(35-33-44)69-53-26-14-12-24-48(53)50-36-37-51-49-25-13-15-27-54(49)70(56(51)55(50)69)62-67-60(43-21-8-3-9-22-43)66-61(68-62)45-31-30-40-29-28-39-16-10-11-23-47(39)52(40)38-45/h1-38H. The molecule has 8 nitrogen and oxygen atoms in total. The van der Waals surface area contributed by atoms with Gasteiger partial charge in [0, 0.05) is 55.0 Å². The third kappa shape index (κ3) is 6.46. The lowest BCUT2D eigenvalue weighted by Gasteiger charge is -2.14. The van der Waals surface area contributed by atoms with Gasteiger partial charge in [0.05, 0.1) is 22.1 Å². The first-order valence-electron chi connectivity index (χ1n) is 23.4. The van der Waals surface area contributed by atoms with Crippen LogP contribution in [0.1, 0.15) is 0 Å². The van der Waals surface area contributed by atoms with Gasteiger partial charge in [0.25, 0.3) is 0 Å². The second-order valence-electron chi connectivity index (χ2n) is 17.5. The maximum Gasteiger partial charge on any atom is 0.238 e. The van der Waals surface area contributed by atoms with Crippen LogP contribution in [0.5, 0.6) is 0 Å². The van der Waals surface area contributed by atoms with Gasteiger partial charge in [0.1, 0.15) is 0 Å². The molecule has 0 amide bonds. The van der Waals surface area contributed by atoms with E-state index in [4.69, 9.17) is 29.9 Å². The Morgan fingerprint density at radius 1 is 0.243 bits per heavy atom. The van der Waals surface area contributed by atoms with E-state index < -0.39 is 0 Å². The summed E-state index contributed by atoms with van der Waals surface area (Å²) < 4.78 is 4.62. The zero-order valence-corrected chi connectivity index (χ0v) is 37.5. The van der Waals surface area contributed by atoms with Gasteiger partial charge in [0.2, 0.25) is 5.95 Å². The van der Waals surface area contributed by atoms with Gasteiger partial charge in [-0.1, -0.05) is 188 Å². The fourth-order valence-electron chi connectivity index (χ4n) is 10.1. The van der Waals surface area contributed by atoms with Crippen molar-refractivity contribution in [2.45, 2.75) is 0 Å². The molecule has 0 bridgehead atoms. The van der Waals surface area contributed by atoms with E-state index in [1.807, 2.05) is 78.9 Å². The minimum atomic E-state index is 0.533. The van der Waals surface area contributed by atoms with Crippen LogP contribution in [0.2, 0.25) is 0 Å². The van der Waals surface area contributed by atoms with E-state index in [2.05, 4.69) is 161 Å². The van der Waals surface area contributed by atoms with E-state index in [0.29, 0.717) is 35.1 Å². The molecule has 70 heavy (non-hydrogen) atoms. The van der Waals surface area contributed by atoms with Crippen LogP contribution in [0.3, 0.4) is 0 Å². The molecule has 10 aromatic carbocycles. The summed E-state index contributed by atoms with van der Waals surface area (Å²) in [6.07, 6.45) is 0. The van der Waals surface area contributed by atoms with Crippen LogP contribution in [0.25, 0.3) is 134 Å². The van der Waals surface area contributed by atoms with Gasteiger partial charge in [-0.05, 0) is 64.0 Å². The second kappa shape index (κ2) is 16.0. The molecule has 0 spiro atoms. The summed E-state index contributed by atoms with van der Waals surface area (Å²) in [5.74, 6) is 3.57. The molecule has 8 heteroatoms. The van der Waals surface area contributed by atoms with Gasteiger partial charge in [-0.2, -0.15) is 9.97 Å². The van der Waals surface area contributed by atoms with E-state index in [1.165, 1.54) is 10.8 Å². The molecule has 0 unspecified atom stereocenters. The van der Waals surface area contributed by atoms with Crippen LogP contribution >= 0.6 is 0 Å². The number of hydrogen-bond donors (Lipinski definition) is 0. The molecular weight excluding hydrogens is 857 g/mol. The molecule has 14 aromatic rings. The van der Waals surface area contributed by atoms with Crippen molar-refractivity contribution in [2.24, 2.45) is 0 Å². The third-order valence-electron chi connectivity index (χ3n) is 13.4. The molecule has 0 saturated heterocycles. The molecule has 0 radical (unpaired) electrons. The predicted octanol–water partition coefficient (Wildman–Crippen LogP) is 14.9. The summed E-state index contributed by atoms with van der Waals surface area (Å²) in [6, 6.07) is 80.0. The Hall–Kier alpha value is -9.66. The van der Waals surface area contributed by atoms with E-state index in [-0.39, 0.29) is 0 Å². The van der Waals surface area contributed by atoms with E-state index in [1.54, 1.807) is 0 Å². The Morgan fingerprint density at radius 2 is 0.629 bits per heavy atom. The summed E-state index contributed by atoms with van der Waals surface area (Å²) in [5.41, 5.74) is 9.66. The van der Waals surface area contributed by atoms with Crippen LogP contribution in [0, 0.1) is 0 Å². The van der Waals surface area contributed by atoms with Crippen molar-refractivity contribution < 1.29 is 0 Å². The minimum Gasteiger partial charge on any atom is -0.307 e. The number of benzene rings is 10. The van der Waals surface area contributed by atoms with E-state index >= 15 is 0 Å². The van der Waals surface area contributed by atoms with Gasteiger partial charge >= 0.3 is 0 Å². The Labute approximate surface area is 401 Å². The highest BCUT2D eigenvalue weighted by Crippen LogP contribution is 2.42. The number of aromatic nitrogens is 8. The minimum absolute atomic E-state index is 0.533. The van der Waals surface area contributed by atoms with Crippen LogP contribution in [0.4, 0.5) is 0 Å². The molecule has 0 atom stereocenters. The normalized spacial score (nSPS) is 11.7. The van der Waals surface area contributed by atoms with Crippen molar-refractivity contribution >= 4 is 65.2 Å². The summed E-state index contributed by atoms with van der Waals surface area (Å²) in [6.45, 7) is 0. The average molecular weight is 895 g/mol. The first-order valence-corrected chi connectivity index (χ1v) is 23.4. The van der Waals surface area contributed by atoms with Crippen molar-refractivity contribution in [1.82, 2.24) is 39.0 Å². The highest BCUT2D eigenvalue weighted by molar-refractivity contribution is 6.23. The van der Waals surface area contributed by atoms with Crippen molar-refractivity contribution in [3.8, 4) is 68.6 Å². The predicted molar refractivity (Wildman–Crippen MR) is 284 cm³/mol. The lowest BCUT2D eigenvalue weighted by Crippen LogP contribution is -2.07. The lowest BCUT2D eigenvalue weighted by atomic mass is 10.00. The molecule has 0 aliphatic rings. The molecular formula is C62H38N8. The number of para-hydroxylation sites is 2. The molecule has 326 valence electrons. The molecule has 4 aromatic heterocycles. The Bertz CT molecular complexity index is 4280. The topological polar surface area (TPSA) is 87.2 Å². The Morgan fingerprint density at radius 3 is 1.19 bits per heavy atom. The van der Waals surface area contributed by atoms with Crippen molar-refractivity contribution in [1.29, 1.82) is 0 Å². The van der Waals surface area contributed by atoms with Gasteiger partial charge in [-0.25, -0.2) is 19.9 Å². The Kier molecular flexibility index (Phi) is 9.03. The largest absolute Gasteiger partial charge is 0.307 e. The monoisotopic (exact) mass is 894 g/mol. The molecule has 0 N–H and O–H groups in total. The molecule has 0 aliphatic carbocycles. The smallest absolute Gasteiger partial charge is 0.238 e. The maximum atomic E-state index is 5.44. The quantitative estimate of drug-likeness (QED) is 0.148. The van der Waals surface area contributed by atoms with Gasteiger partial charge in [0.15, 0.2) is 29.1 Å². The Balaban J connectivity index is 1.00. The zero-order chi connectivity index (χ0) is 46.1. The third-order valence-corrected chi connectivity index (χ3v) is 13.4. The second-order valence-corrected chi connectivity index (χ2v) is 17.5. The van der Waals surface area contributed by atoms with Crippen molar-refractivity contribution in [3.63, 3.8) is 0 Å². The summed E-state index contributed by atoms with van der Waals surface area (Å²) in [7, 11) is 0. The molecule has 4 heterocycles.